The van der Waals surface area contributed by atoms with Crippen molar-refractivity contribution in [1.82, 2.24) is 10.2 Å². The van der Waals surface area contributed by atoms with Gasteiger partial charge >= 0.3 is 0 Å². The lowest BCUT2D eigenvalue weighted by atomic mass is 10.3. The van der Waals surface area contributed by atoms with E-state index in [1.54, 1.807) is 6.92 Å². The van der Waals surface area contributed by atoms with Gasteiger partial charge in [0.25, 0.3) is 10.0 Å². The predicted octanol–water partition coefficient (Wildman–Crippen LogP) is 1.80. The van der Waals surface area contributed by atoms with Crippen molar-refractivity contribution in [2.45, 2.75) is 11.8 Å². The van der Waals surface area contributed by atoms with Gasteiger partial charge in [0.15, 0.2) is 10.7 Å². The molecule has 2 rings (SSSR count). The first-order valence-electron chi connectivity index (χ1n) is 4.89. The molecule has 8 heteroatoms. The van der Waals surface area contributed by atoms with Crippen LogP contribution in [0.4, 0.5) is 14.6 Å². The normalized spacial score (nSPS) is 11.5. The molecule has 0 unspecified atom stereocenters. The lowest BCUT2D eigenvalue weighted by Gasteiger charge is -2.06. The molecular formula is C10H9F2N3O2S. The van der Waals surface area contributed by atoms with Crippen molar-refractivity contribution in [3.05, 3.63) is 41.6 Å². The third kappa shape index (κ3) is 2.33. The molecule has 0 amide bonds. The van der Waals surface area contributed by atoms with E-state index >= 15 is 0 Å². The van der Waals surface area contributed by atoms with Gasteiger partial charge in [-0.1, -0.05) is 6.07 Å². The van der Waals surface area contributed by atoms with Crippen LogP contribution in [0.25, 0.3) is 0 Å². The van der Waals surface area contributed by atoms with Gasteiger partial charge in [-0.05, 0) is 19.1 Å². The fourth-order valence-corrected chi connectivity index (χ4v) is 2.53. The van der Waals surface area contributed by atoms with Gasteiger partial charge in [0.1, 0.15) is 11.6 Å². The summed E-state index contributed by atoms with van der Waals surface area (Å²) in [6.45, 7) is 1.66. The molecule has 18 heavy (non-hydrogen) atoms. The van der Waals surface area contributed by atoms with E-state index < -0.39 is 26.6 Å². The third-order valence-electron chi connectivity index (χ3n) is 2.13. The van der Waals surface area contributed by atoms with E-state index in [0.29, 0.717) is 5.69 Å². The van der Waals surface area contributed by atoms with E-state index in [4.69, 9.17) is 0 Å². The minimum Gasteiger partial charge on any atom is -0.281 e. The molecular weight excluding hydrogens is 264 g/mol. The van der Waals surface area contributed by atoms with Crippen molar-refractivity contribution in [3.63, 3.8) is 0 Å². The fraction of sp³-hybridized carbons (Fsp3) is 0.100. The highest BCUT2D eigenvalue weighted by Crippen LogP contribution is 2.20. The van der Waals surface area contributed by atoms with Crippen LogP contribution in [-0.4, -0.2) is 18.6 Å². The van der Waals surface area contributed by atoms with Gasteiger partial charge in [-0.2, -0.15) is 5.10 Å². The highest BCUT2D eigenvalue weighted by molar-refractivity contribution is 7.92. The Labute approximate surface area is 102 Å². The second-order valence-electron chi connectivity index (χ2n) is 3.59. The number of hydrogen-bond donors (Lipinski definition) is 2. The number of aromatic nitrogens is 2. The molecule has 5 nitrogen and oxygen atoms in total. The average Bonchev–Trinajstić information content (AvgIpc) is 2.62. The molecule has 0 bridgehead atoms. The van der Waals surface area contributed by atoms with Crippen LogP contribution in [0.3, 0.4) is 0 Å². The number of nitrogens with one attached hydrogen (secondary N) is 2. The number of anilines is 1. The number of benzene rings is 1. The van der Waals surface area contributed by atoms with Crippen LogP contribution in [0, 0.1) is 18.6 Å². The maximum atomic E-state index is 13.4. The topological polar surface area (TPSA) is 74.8 Å². The Morgan fingerprint density at radius 3 is 2.39 bits per heavy atom. The number of hydrogen-bond acceptors (Lipinski definition) is 3. The molecule has 1 aromatic carbocycles. The summed E-state index contributed by atoms with van der Waals surface area (Å²) in [4.78, 5) is -1.02. The smallest absolute Gasteiger partial charge is 0.268 e. The quantitative estimate of drug-likeness (QED) is 0.895. The maximum Gasteiger partial charge on any atom is 0.268 e. The molecule has 2 aromatic rings. The SMILES string of the molecule is Cc1cc(NS(=O)(=O)c2c(F)cccc2F)n[nH]1. The van der Waals surface area contributed by atoms with Crippen LogP contribution in [-0.2, 0) is 10.0 Å². The maximum absolute atomic E-state index is 13.4. The Balaban J connectivity index is 2.43. The number of nitrogens with zero attached hydrogens (tertiary/aromatic N) is 1. The van der Waals surface area contributed by atoms with Gasteiger partial charge in [-0.25, -0.2) is 17.2 Å². The molecule has 0 fully saturated rings. The molecule has 1 aromatic heterocycles. The molecule has 0 atom stereocenters. The molecule has 0 spiro atoms. The monoisotopic (exact) mass is 273 g/mol. The number of rotatable bonds is 3. The predicted molar refractivity (Wildman–Crippen MR) is 60.5 cm³/mol. The van der Waals surface area contributed by atoms with E-state index in [-0.39, 0.29) is 5.82 Å². The Hall–Kier alpha value is -1.96. The average molecular weight is 273 g/mol. The van der Waals surface area contributed by atoms with Crippen molar-refractivity contribution in [3.8, 4) is 0 Å². The molecule has 96 valence electrons. The van der Waals surface area contributed by atoms with E-state index in [0.717, 1.165) is 18.2 Å². The molecule has 1 heterocycles. The first-order valence-corrected chi connectivity index (χ1v) is 6.37. The van der Waals surface area contributed by atoms with E-state index in [1.165, 1.54) is 6.07 Å². The van der Waals surface area contributed by atoms with Crippen molar-refractivity contribution in [2.24, 2.45) is 0 Å². The zero-order chi connectivity index (χ0) is 13.3. The number of aromatic amines is 1. The van der Waals surface area contributed by atoms with E-state index in [2.05, 4.69) is 10.2 Å². The number of sulfonamides is 1. The fourth-order valence-electron chi connectivity index (χ4n) is 1.40. The Bertz CT molecular complexity index is 662. The van der Waals surface area contributed by atoms with Crippen LogP contribution >= 0.6 is 0 Å². The van der Waals surface area contributed by atoms with Crippen LogP contribution in [0.15, 0.2) is 29.2 Å². The number of aryl methyl sites for hydroxylation is 1. The zero-order valence-corrected chi connectivity index (χ0v) is 10.1. The van der Waals surface area contributed by atoms with Crippen molar-refractivity contribution in [1.29, 1.82) is 0 Å². The Morgan fingerprint density at radius 2 is 1.89 bits per heavy atom. The minimum absolute atomic E-state index is 0.0323. The standard InChI is InChI=1S/C10H9F2N3O2S/c1-6-5-9(14-13-6)15-18(16,17)10-7(11)3-2-4-8(10)12/h2-5H,1H3,(H2,13,14,15). The van der Waals surface area contributed by atoms with Crippen LogP contribution in [0.5, 0.6) is 0 Å². The largest absolute Gasteiger partial charge is 0.281 e. The summed E-state index contributed by atoms with van der Waals surface area (Å²) < 4.78 is 52.3. The van der Waals surface area contributed by atoms with Crippen molar-refractivity contribution >= 4 is 15.8 Å². The Morgan fingerprint density at radius 1 is 1.28 bits per heavy atom. The molecule has 0 radical (unpaired) electrons. The summed E-state index contributed by atoms with van der Waals surface area (Å²) >= 11 is 0. The summed E-state index contributed by atoms with van der Waals surface area (Å²) in [5, 5.41) is 6.13. The molecule has 0 saturated carbocycles. The second-order valence-corrected chi connectivity index (χ2v) is 5.21. The van der Waals surface area contributed by atoms with Crippen LogP contribution < -0.4 is 4.72 Å². The van der Waals surface area contributed by atoms with Gasteiger partial charge in [-0.3, -0.25) is 9.82 Å². The summed E-state index contributed by atoms with van der Waals surface area (Å²) in [6, 6.07) is 4.22. The molecule has 2 N–H and O–H groups in total. The van der Waals surface area contributed by atoms with Crippen molar-refractivity contribution < 1.29 is 17.2 Å². The number of H-pyrrole nitrogens is 1. The highest BCUT2D eigenvalue weighted by atomic mass is 32.2. The van der Waals surface area contributed by atoms with E-state index in [9.17, 15) is 17.2 Å². The van der Waals surface area contributed by atoms with Gasteiger partial charge in [-0.15, -0.1) is 0 Å². The molecule has 0 saturated heterocycles. The number of halogens is 2. The minimum atomic E-state index is -4.34. The molecule has 0 aliphatic heterocycles. The van der Waals surface area contributed by atoms with Crippen LogP contribution in [0.2, 0.25) is 0 Å². The summed E-state index contributed by atoms with van der Waals surface area (Å²) in [5.74, 6) is -2.35. The van der Waals surface area contributed by atoms with Gasteiger partial charge < -0.3 is 0 Å². The lowest BCUT2D eigenvalue weighted by Crippen LogP contribution is -2.16. The second kappa shape index (κ2) is 4.37. The van der Waals surface area contributed by atoms with Gasteiger partial charge in [0, 0.05) is 11.8 Å². The lowest BCUT2D eigenvalue weighted by molar-refractivity contribution is 0.521. The van der Waals surface area contributed by atoms with Gasteiger partial charge in [0.2, 0.25) is 0 Å². The van der Waals surface area contributed by atoms with Crippen molar-refractivity contribution in [2.75, 3.05) is 4.72 Å². The summed E-state index contributed by atoms with van der Waals surface area (Å²) in [7, 11) is -4.34. The van der Waals surface area contributed by atoms with Gasteiger partial charge in [0.05, 0.1) is 0 Å². The Kier molecular flexibility index (Phi) is 3.04. The van der Waals surface area contributed by atoms with Crippen LogP contribution in [0.1, 0.15) is 5.69 Å². The first-order chi connectivity index (χ1) is 8.40. The highest BCUT2D eigenvalue weighted by Gasteiger charge is 2.24. The summed E-state index contributed by atoms with van der Waals surface area (Å²) in [5.41, 5.74) is 0.613. The molecule has 0 aliphatic carbocycles. The molecule has 0 aliphatic rings. The van der Waals surface area contributed by atoms with E-state index in [1.807, 2.05) is 4.72 Å². The third-order valence-corrected chi connectivity index (χ3v) is 3.54. The summed E-state index contributed by atoms with van der Waals surface area (Å²) in [6.07, 6.45) is 0. The first kappa shape index (κ1) is 12.5. The zero-order valence-electron chi connectivity index (χ0n) is 9.24.